The van der Waals surface area contributed by atoms with Gasteiger partial charge in [0.05, 0.1) is 13.2 Å². The number of amides is 1. The Morgan fingerprint density at radius 1 is 0.861 bits per heavy atom. The molecule has 1 amide bonds. The fourth-order valence-corrected chi connectivity index (χ4v) is 5.02. The van der Waals surface area contributed by atoms with Gasteiger partial charge in [-0.1, -0.05) is 54.6 Å². The predicted octanol–water partition coefficient (Wildman–Crippen LogP) is 5.56. The van der Waals surface area contributed by atoms with Crippen LogP contribution in [-0.4, -0.2) is 54.3 Å². The van der Waals surface area contributed by atoms with Gasteiger partial charge in [0.15, 0.2) is 0 Å². The van der Waals surface area contributed by atoms with E-state index >= 15 is 0 Å². The molecule has 36 heavy (non-hydrogen) atoms. The quantitative estimate of drug-likeness (QED) is 0.413. The lowest BCUT2D eigenvalue weighted by atomic mass is 9.91. The number of hydrogen-bond donors (Lipinski definition) is 0. The van der Waals surface area contributed by atoms with Crippen molar-refractivity contribution in [3.05, 3.63) is 107 Å². The molecule has 0 radical (unpaired) electrons. The molecule has 3 aromatic rings. The zero-order valence-corrected chi connectivity index (χ0v) is 20.1. The summed E-state index contributed by atoms with van der Waals surface area (Å²) in [7, 11) is 0. The molecule has 0 atom stereocenters. The van der Waals surface area contributed by atoms with Gasteiger partial charge < -0.3 is 14.4 Å². The van der Waals surface area contributed by atoms with E-state index in [1.807, 2.05) is 30.3 Å². The van der Waals surface area contributed by atoms with E-state index in [-0.39, 0.29) is 17.7 Å². The molecule has 2 aliphatic rings. The molecule has 2 aliphatic heterocycles. The topological polar surface area (TPSA) is 42.0 Å². The van der Waals surface area contributed by atoms with Crippen molar-refractivity contribution in [2.45, 2.75) is 31.1 Å². The minimum atomic E-state index is -0.423. The first kappa shape index (κ1) is 24.4. The Bertz CT molecular complexity index is 1100. The molecule has 2 heterocycles. The van der Waals surface area contributed by atoms with Crippen molar-refractivity contribution in [2.24, 2.45) is 0 Å². The van der Waals surface area contributed by atoms with Crippen molar-refractivity contribution in [3.63, 3.8) is 0 Å². The van der Waals surface area contributed by atoms with Gasteiger partial charge in [0, 0.05) is 39.0 Å². The van der Waals surface area contributed by atoms with E-state index in [2.05, 4.69) is 4.90 Å². The van der Waals surface area contributed by atoms with Crippen LogP contribution in [0.5, 0.6) is 0 Å². The minimum Gasteiger partial charge on any atom is -0.441 e. The van der Waals surface area contributed by atoms with Crippen molar-refractivity contribution in [1.82, 2.24) is 9.80 Å². The number of rotatable bonds is 8. The first-order valence-corrected chi connectivity index (χ1v) is 12.4. The van der Waals surface area contributed by atoms with Crippen LogP contribution in [0.1, 0.15) is 35.6 Å². The number of carbonyl (C=O) groups excluding carboxylic acids is 1. The number of ether oxygens (including phenoxy) is 2. The van der Waals surface area contributed by atoms with Crippen LogP contribution in [0.15, 0.2) is 78.9 Å². The molecule has 5 rings (SSSR count). The summed E-state index contributed by atoms with van der Waals surface area (Å²) in [6, 6.07) is 22.4. The number of benzene rings is 3. The van der Waals surface area contributed by atoms with Gasteiger partial charge in [0.25, 0.3) is 0 Å². The molecule has 3 aromatic carbocycles. The molecular formula is C29H30F2N2O3. The van der Waals surface area contributed by atoms with Gasteiger partial charge in [-0.3, -0.25) is 4.90 Å². The summed E-state index contributed by atoms with van der Waals surface area (Å²) in [6.07, 6.45) is 0.911. The highest BCUT2D eigenvalue weighted by Crippen LogP contribution is 2.34. The fraction of sp³-hybridized carbons (Fsp3) is 0.345. The maximum atomic E-state index is 13.5. The van der Waals surface area contributed by atoms with Crippen molar-refractivity contribution >= 4 is 6.09 Å². The predicted molar refractivity (Wildman–Crippen MR) is 132 cm³/mol. The number of hydrogen-bond acceptors (Lipinski definition) is 4. The molecule has 0 saturated carbocycles. The van der Waals surface area contributed by atoms with Crippen molar-refractivity contribution in [1.29, 1.82) is 0 Å². The maximum absolute atomic E-state index is 13.5. The summed E-state index contributed by atoms with van der Waals surface area (Å²) in [5.74, 6) is -0.623. The van der Waals surface area contributed by atoms with E-state index in [0.717, 1.165) is 49.2 Å². The zero-order valence-electron chi connectivity index (χ0n) is 20.1. The lowest BCUT2D eigenvalue weighted by Crippen LogP contribution is -2.47. The van der Waals surface area contributed by atoms with Crippen molar-refractivity contribution < 1.29 is 23.0 Å². The molecule has 1 spiro atoms. The molecule has 0 aromatic heterocycles. The largest absolute Gasteiger partial charge is 0.441 e. The SMILES string of the molecule is O=C1OC2(CCN(CCOC(c3ccc(F)cc3)c3ccc(F)cc3)CC2)CN1Cc1ccccc1. The number of carbonyl (C=O) groups is 1. The van der Waals surface area contributed by atoms with Crippen LogP contribution in [0.3, 0.4) is 0 Å². The lowest BCUT2D eigenvalue weighted by Gasteiger charge is -2.37. The lowest BCUT2D eigenvalue weighted by molar-refractivity contribution is -0.0108. The van der Waals surface area contributed by atoms with Crippen LogP contribution in [0.4, 0.5) is 13.6 Å². The van der Waals surface area contributed by atoms with Gasteiger partial charge in [0.1, 0.15) is 23.3 Å². The average Bonchev–Trinajstić information content (AvgIpc) is 3.19. The van der Waals surface area contributed by atoms with Crippen LogP contribution in [0, 0.1) is 11.6 Å². The van der Waals surface area contributed by atoms with E-state index in [4.69, 9.17) is 9.47 Å². The number of likely N-dealkylation sites (tertiary alicyclic amines) is 1. The fourth-order valence-electron chi connectivity index (χ4n) is 5.02. The van der Waals surface area contributed by atoms with Gasteiger partial charge in [-0.2, -0.15) is 0 Å². The van der Waals surface area contributed by atoms with Gasteiger partial charge in [-0.15, -0.1) is 0 Å². The Kier molecular flexibility index (Phi) is 7.30. The summed E-state index contributed by atoms with van der Waals surface area (Å²) in [5, 5.41) is 0. The monoisotopic (exact) mass is 492 g/mol. The Hall–Kier alpha value is -3.29. The summed E-state index contributed by atoms with van der Waals surface area (Å²) in [5.41, 5.74) is 2.31. The standard InChI is InChI=1S/C29H30F2N2O3/c30-25-10-6-23(7-11-25)27(24-8-12-26(31)13-9-24)35-19-18-32-16-14-29(15-17-32)21-33(28(34)36-29)20-22-4-2-1-3-5-22/h1-13,27H,14-21H2. The molecule has 5 nitrogen and oxygen atoms in total. The third-order valence-electron chi connectivity index (χ3n) is 7.06. The highest BCUT2D eigenvalue weighted by Gasteiger charge is 2.46. The Balaban J connectivity index is 1.14. The third-order valence-corrected chi connectivity index (χ3v) is 7.06. The molecule has 0 bridgehead atoms. The summed E-state index contributed by atoms with van der Waals surface area (Å²) < 4.78 is 39.0. The van der Waals surface area contributed by atoms with Crippen LogP contribution in [0.25, 0.3) is 0 Å². The Morgan fingerprint density at radius 2 is 1.44 bits per heavy atom. The third kappa shape index (κ3) is 5.74. The van der Waals surface area contributed by atoms with Crippen LogP contribution < -0.4 is 0 Å². The molecule has 188 valence electrons. The molecule has 0 N–H and O–H groups in total. The summed E-state index contributed by atoms with van der Waals surface area (Å²) >= 11 is 0. The number of halogens is 2. The maximum Gasteiger partial charge on any atom is 0.410 e. The second-order valence-electron chi connectivity index (χ2n) is 9.59. The van der Waals surface area contributed by atoms with Gasteiger partial charge in [-0.05, 0) is 41.0 Å². The first-order chi connectivity index (χ1) is 17.5. The van der Waals surface area contributed by atoms with E-state index in [1.165, 1.54) is 24.3 Å². The number of piperidine rings is 1. The van der Waals surface area contributed by atoms with Crippen LogP contribution in [0.2, 0.25) is 0 Å². The second-order valence-corrected chi connectivity index (χ2v) is 9.59. The summed E-state index contributed by atoms with van der Waals surface area (Å²) in [6.45, 7) is 3.99. The first-order valence-electron chi connectivity index (χ1n) is 12.4. The summed E-state index contributed by atoms with van der Waals surface area (Å²) in [4.78, 5) is 16.6. The van der Waals surface area contributed by atoms with Gasteiger partial charge in [-0.25, -0.2) is 13.6 Å². The molecule has 2 fully saturated rings. The minimum absolute atomic E-state index is 0.239. The normalized spacial score (nSPS) is 17.6. The van der Waals surface area contributed by atoms with E-state index in [0.29, 0.717) is 19.7 Å². The van der Waals surface area contributed by atoms with E-state index in [9.17, 15) is 13.6 Å². The number of nitrogens with zero attached hydrogens (tertiary/aromatic N) is 2. The smallest absolute Gasteiger partial charge is 0.410 e. The van der Waals surface area contributed by atoms with Crippen LogP contribution >= 0.6 is 0 Å². The van der Waals surface area contributed by atoms with Gasteiger partial charge >= 0.3 is 6.09 Å². The van der Waals surface area contributed by atoms with Crippen molar-refractivity contribution in [2.75, 3.05) is 32.8 Å². The molecule has 0 unspecified atom stereocenters. The highest BCUT2D eigenvalue weighted by molar-refractivity contribution is 5.70. The molecule has 7 heteroatoms. The van der Waals surface area contributed by atoms with Gasteiger partial charge in [0.2, 0.25) is 0 Å². The second kappa shape index (κ2) is 10.8. The molecular weight excluding hydrogens is 462 g/mol. The van der Waals surface area contributed by atoms with Crippen LogP contribution in [-0.2, 0) is 16.0 Å². The highest BCUT2D eigenvalue weighted by atomic mass is 19.1. The average molecular weight is 493 g/mol. The molecule has 0 aliphatic carbocycles. The Morgan fingerprint density at radius 3 is 2.03 bits per heavy atom. The van der Waals surface area contributed by atoms with Crippen molar-refractivity contribution in [3.8, 4) is 0 Å². The Labute approximate surface area is 210 Å². The zero-order chi connectivity index (χ0) is 25.0. The molecule has 2 saturated heterocycles. The van der Waals surface area contributed by atoms with E-state index in [1.54, 1.807) is 29.2 Å². The van der Waals surface area contributed by atoms with E-state index < -0.39 is 11.7 Å².